The van der Waals surface area contributed by atoms with E-state index in [0.717, 1.165) is 12.3 Å². The molecule has 3 N–H and O–H groups in total. The lowest BCUT2D eigenvalue weighted by Gasteiger charge is -2.42. The highest BCUT2D eigenvalue weighted by molar-refractivity contribution is 8.13. The molecule has 0 aliphatic carbocycles. The zero-order valence-electron chi connectivity index (χ0n) is 15.9. The van der Waals surface area contributed by atoms with E-state index in [0.29, 0.717) is 17.5 Å². The first-order chi connectivity index (χ1) is 14.3. The lowest BCUT2D eigenvalue weighted by Crippen LogP contribution is -2.48. The lowest BCUT2D eigenvalue weighted by atomic mass is 9.70. The van der Waals surface area contributed by atoms with E-state index in [1.165, 1.54) is 30.0 Å². The fraction of sp³-hybridized carbons (Fsp3) is 0.300. The molecule has 2 aliphatic rings. The number of aromatic nitrogens is 1. The van der Waals surface area contributed by atoms with Crippen molar-refractivity contribution in [1.29, 1.82) is 5.26 Å². The van der Waals surface area contributed by atoms with Crippen molar-refractivity contribution in [3.05, 3.63) is 58.9 Å². The molecule has 1 aromatic carbocycles. The third-order valence-electron chi connectivity index (χ3n) is 5.42. The Morgan fingerprint density at radius 3 is 2.87 bits per heavy atom. The van der Waals surface area contributed by atoms with Crippen LogP contribution in [0.2, 0.25) is 0 Å². The number of hydrogen-bond donors (Lipinski definition) is 2. The average Bonchev–Trinajstić information content (AvgIpc) is 3.06. The van der Waals surface area contributed by atoms with Gasteiger partial charge in [-0.2, -0.15) is 5.26 Å². The highest BCUT2D eigenvalue weighted by atomic mass is 32.2. The summed E-state index contributed by atoms with van der Waals surface area (Å²) >= 11 is 1.39. The molecule has 2 unspecified atom stereocenters. The minimum Gasteiger partial charge on any atom is -0.379 e. The van der Waals surface area contributed by atoms with Crippen molar-refractivity contribution in [3.63, 3.8) is 0 Å². The molecular weight excluding hydrogens is 412 g/mol. The van der Waals surface area contributed by atoms with Crippen LogP contribution in [0.4, 0.5) is 14.5 Å². The molecule has 1 aromatic heterocycles. The molecule has 4 rings (SSSR count). The third kappa shape index (κ3) is 3.20. The summed E-state index contributed by atoms with van der Waals surface area (Å²) < 4.78 is 34.7. The van der Waals surface area contributed by atoms with E-state index < -0.39 is 34.2 Å². The molecule has 1 saturated heterocycles. The highest BCUT2D eigenvalue weighted by Gasteiger charge is 2.57. The van der Waals surface area contributed by atoms with Gasteiger partial charge in [-0.05, 0) is 24.3 Å². The number of nitriles is 1. The van der Waals surface area contributed by atoms with Gasteiger partial charge in [-0.15, -0.1) is 0 Å². The standard InChI is InChI=1S/C20H17F2N5O2S/c1-19-8-29-9-20(19,27-18(24)30-10-19)13-5-12(2-3-14(13)21)26-17(28)16-15(22)4-11(6-23)7-25-16/h2-5,7H,8-10H2,1H3,(H2,24,27)(H,26,28). The number of amidine groups is 1. The predicted molar refractivity (Wildman–Crippen MR) is 108 cm³/mol. The van der Waals surface area contributed by atoms with Gasteiger partial charge in [-0.3, -0.25) is 4.79 Å². The second-order valence-corrected chi connectivity index (χ2v) is 8.46. The number of nitrogens with zero attached hydrogens (tertiary/aromatic N) is 3. The zero-order valence-corrected chi connectivity index (χ0v) is 16.7. The van der Waals surface area contributed by atoms with Crippen LogP contribution in [0.25, 0.3) is 0 Å². The summed E-state index contributed by atoms with van der Waals surface area (Å²) in [5.74, 6) is -1.64. The number of rotatable bonds is 3. The first kappa shape index (κ1) is 20.3. The number of fused-ring (bicyclic) bond motifs is 1. The molecule has 2 atom stereocenters. The number of anilines is 1. The summed E-state index contributed by atoms with van der Waals surface area (Å²) in [6, 6.07) is 6.73. The van der Waals surface area contributed by atoms with Gasteiger partial charge in [0.1, 0.15) is 17.4 Å². The molecule has 3 heterocycles. The van der Waals surface area contributed by atoms with Gasteiger partial charge < -0.3 is 15.8 Å². The van der Waals surface area contributed by atoms with Gasteiger partial charge in [0, 0.05) is 28.6 Å². The van der Waals surface area contributed by atoms with E-state index in [2.05, 4.69) is 15.3 Å². The number of halogens is 2. The minimum absolute atomic E-state index is 0.00152. The Hall–Kier alpha value is -3.03. The van der Waals surface area contributed by atoms with Gasteiger partial charge >= 0.3 is 0 Å². The van der Waals surface area contributed by atoms with E-state index >= 15 is 0 Å². The van der Waals surface area contributed by atoms with Crippen molar-refractivity contribution < 1.29 is 18.3 Å². The number of hydrogen-bond acceptors (Lipinski definition) is 7. The Morgan fingerprint density at radius 1 is 1.33 bits per heavy atom. The summed E-state index contributed by atoms with van der Waals surface area (Å²) in [5, 5.41) is 11.7. The quantitative estimate of drug-likeness (QED) is 0.776. The molecule has 0 bridgehead atoms. The predicted octanol–water partition coefficient (Wildman–Crippen LogP) is 2.78. The van der Waals surface area contributed by atoms with Gasteiger partial charge in [0.15, 0.2) is 16.7 Å². The number of nitrogens with one attached hydrogen (secondary N) is 1. The molecule has 0 saturated carbocycles. The summed E-state index contributed by atoms with van der Waals surface area (Å²) in [5.41, 5.74) is 4.47. The summed E-state index contributed by atoms with van der Waals surface area (Å²) in [6.07, 6.45) is 1.10. The number of amides is 1. The SMILES string of the molecule is CC12COCC1(c1cc(NC(=O)c3ncc(C#N)cc3F)ccc1F)N=C(N)SC2. The molecule has 154 valence electrons. The number of carbonyl (C=O) groups excluding carboxylic acids is 1. The van der Waals surface area contributed by atoms with Crippen molar-refractivity contribution in [2.75, 3.05) is 24.3 Å². The largest absolute Gasteiger partial charge is 0.379 e. The smallest absolute Gasteiger partial charge is 0.277 e. The fourth-order valence-electron chi connectivity index (χ4n) is 3.74. The van der Waals surface area contributed by atoms with Crippen molar-refractivity contribution >= 4 is 28.5 Å². The number of pyridine rings is 1. The van der Waals surface area contributed by atoms with Crippen molar-refractivity contribution in [2.45, 2.75) is 12.5 Å². The van der Waals surface area contributed by atoms with Crippen LogP contribution in [0, 0.1) is 28.4 Å². The molecule has 2 aromatic rings. The van der Waals surface area contributed by atoms with Gasteiger partial charge in [-0.25, -0.2) is 18.8 Å². The molecule has 1 fully saturated rings. The van der Waals surface area contributed by atoms with Gasteiger partial charge in [0.05, 0.1) is 18.8 Å². The third-order valence-corrected chi connectivity index (χ3v) is 6.59. The van der Waals surface area contributed by atoms with Crippen molar-refractivity contribution in [1.82, 2.24) is 4.98 Å². The maximum atomic E-state index is 14.9. The number of benzene rings is 1. The maximum absolute atomic E-state index is 14.9. The maximum Gasteiger partial charge on any atom is 0.277 e. The van der Waals surface area contributed by atoms with Crippen molar-refractivity contribution in [2.24, 2.45) is 16.1 Å². The Balaban J connectivity index is 1.70. The Morgan fingerprint density at radius 2 is 2.13 bits per heavy atom. The number of aliphatic imine (C=N–C) groups is 1. The summed E-state index contributed by atoms with van der Waals surface area (Å²) in [4.78, 5) is 20.8. The van der Waals surface area contributed by atoms with Crippen LogP contribution >= 0.6 is 11.8 Å². The fourth-order valence-corrected chi connectivity index (χ4v) is 4.75. The normalized spacial score (nSPS) is 25.2. The molecular formula is C20H17F2N5O2S. The first-order valence-corrected chi connectivity index (χ1v) is 9.99. The van der Waals surface area contributed by atoms with Gasteiger partial charge in [0.25, 0.3) is 5.91 Å². The topological polar surface area (TPSA) is 113 Å². The van der Waals surface area contributed by atoms with Crippen LogP contribution < -0.4 is 11.1 Å². The number of ether oxygens (including phenoxy) is 1. The van der Waals surface area contributed by atoms with Crippen LogP contribution in [0.3, 0.4) is 0 Å². The Labute approximate surface area is 175 Å². The molecule has 10 heteroatoms. The summed E-state index contributed by atoms with van der Waals surface area (Å²) in [6.45, 7) is 2.52. The molecule has 2 aliphatic heterocycles. The van der Waals surface area contributed by atoms with Gasteiger partial charge in [-0.1, -0.05) is 18.7 Å². The lowest BCUT2D eigenvalue weighted by molar-refractivity contribution is 0.101. The monoisotopic (exact) mass is 429 g/mol. The number of thioether (sulfide) groups is 1. The Bertz CT molecular complexity index is 1120. The average molecular weight is 429 g/mol. The Kier molecular flexibility index (Phi) is 4.95. The molecule has 0 radical (unpaired) electrons. The van der Waals surface area contributed by atoms with Gasteiger partial charge in [0.2, 0.25) is 0 Å². The minimum atomic E-state index is -1.02. The number of carbonyl (C=O) groups is 1. The number of nitrogens with two attached hydrogens (primary N) is 1. The second kappa shape index (κ2) is 7.34. The summed E-state index contributed by atoms with van der Waals surface area (Å²) in [7, 11) is 0. The van der Waals surface area contributed by atoms with E-state index in [-0.39, 0.29) is 23.4 Å². The first-order valence-electron chi connectivity index (χ1n) is 9.01. The van der Waals surface area contributed by atoms with E-state index in [1.54, 1.807) is 6.07 Å². The molecule has 7 nitrogen and oxygen atoms in total. The van der Waals surface area contributed by atoms with Crippen LogP contribution in [0.15, 0.2) is 35.5 Å². The zero-order chi connectivity index (χ0) is 21.5. The molecule has 1 amide bonds. The van der Waals surface area contributed by atoms with Crippen LogP contribution in [-0.2, 0) is 10.3 Å². The molecule has 0 spiro atoms. The van der Waals surface area contributed by atoms with Crippen LogP contribution in [0.5, 0.6) is 0 Å². The van der Waals surface area contributed by atoms with Crippen molar-refractivity contribution in [3.8, 4) is 6.07 Å². The molecule has 30 heavy (non-hydrogen) atoms. The van der Waals surface area contributed by atoms with Crippen LogP contribution in [0.1, 0.15) is 28.5 Å². The van der Waals surface area contributed by atoms with E-state index in [1.807, 2.05) is 6.92 Å². The van der Waals surface area contributed by atoms with E-state index in [9.17, 15) is 13.6 Å². The highest BCUT2D eigenvalue weighted by Crippen LogP contribution is 2.53. The van der Waals surface area contributed by atoms with E-state index in [4.69, 9.17) is 15.7 Å². The second-order valence-electron chi connectivity index (χ2n) is 7.47. The van der Waals surface area contributed by atoms with Crippen LogP contribution in [-0.4, -0.2) is 35.0 Å².